The lowest BCUT2D eigenvalue weighted by Crippen LogP contribution is -2.23. The molecule has 1 N–H and O–H groups in total. The highest BCUT2D eigenvalue weighted by atomic mass is 16.5. The number of aromatic hydroxyl groups is 1. The molecule has 0 heterocycles. The molecule has 1 aliphatic carbocycles. The highest BCUT2D eigenvalue weighted by Crippen LogP contribution is 2.37. The van der Waals surface area contributed by atoms with Gasteiger partial charge < -0.3 is 9.84 Å². The Kier molecular flexibility index (Phi) is 4.24. The minimum absolute atomic E-state index is 0.0492. The molecule has 1 aromatic rings. The quantitative estimate of drug-likeness (QED) is 0.835. The fraction of sp³-hybridized carbons (Fsp3) is 0.533. The number of phenolic OH excluding ortho intramolecular Hbond substituents is 1. The second-order valence-electron chi connectivity index (χ2n) is 4.90. The Labute approximate surface area is 108 Å². The van der Waals surface area contributed by atoms with Crippen LogP contribution in [0.4, 0.5) is 0 Å². The number of phenols is 1. The number of benzene rings is 1. The number of rotatable bonds is 3. The van der Waals surface area contributed by atoms with Crippen molar-refractivity contribution in [3.63, 3.8) is 0 Å². The van der Waals surface area contributed by atoms with Crippen LogP contribution in [0, 0.1) is 5.92 Å². The smallest absolute Gasteiger partial charge is 0.308 e. The minimum Gasteiger partial charge on any atom is -0.508 e. The molecule has 18 heavy (non-hydrogen) atoms. The second-order valence-corrected chi connectivity index (χ2v) is 4.90. The summed E-state index contributed by atoms with van der Waals surface area (Å²) in [5.41, 5.74) is 1.18. The van der Waals surface area contributed by atoms with Gasteiger partial charge in [0.2, 0.25) is 0 Å². The van der Waals surface area contributed by atoms with Crippen LogP contribution in [0.1, 0.15) is 44.1 Å². The fourth-order valence-electron chi connectivity index (χ4n) is 2.70. The number of carbonyl (C=O) groups is 1. The molecule has 0 radical (unpaired) electrons. The van der Waals surface area contributed by atoms with Crippen molar-refractivity contribution in [3.8, 4) is 5.75 Å². The first-order chi connectivity index (χ1) is 8.70. The van der Waals surface area contributed by atoms with Crippen molar-refractivity contribution >= 4 is 5.97 Å². The summed E-state index contributed by atoms with van der Waals surface area (Å²) < 4.78 is 5.06. The number of esters is 1. The molecule has 3 heteroatoms. The van der Waals surface area contributed by atoms with E-state index in [2.05, 4.69) is 6.07 Å². The molecule has 0 atom stereocenters. The van der Waals surface area contributed by atoms with E-state index in [4.69, 9.17) is 4.74 Å². The molecule has 0 aromatic heterocycles. The Morgan fingerprint density at radius 3 is 2.67 bits per heavy atom. The normalized spacial score (nSPS) is 23.6. The number of hydrogen-bond donors (Lipinski definition) is 1. The van der Waals surface area contributed by atoms with E-state index in [0.29, 0.717) is 18.3 Å². The molecule has 0 saturated heterocycles. The Balaban J connectivity index is 1.92. The molecule has 2 rings (SSSR count). The van der Waals surface area contributed by atoms with E-state index in [1.165, 1.54) is 5.56 Å². The lowest BCUT2D eigenvalue weighted by molar-refractivity contribution is -0.149. The second kappa shape index (κ2) is 5.89. The number of hydrogen-bond acceptors (Lipinski definition) is 3. The summed E-state index contributed by atoms with van der Waals surface area (Å²) in [6.45, 7) is 2.31. The third-order valence-electron chi connectivity index (χ3n) is 3.69. The predicted octanol–water partition coefficient (Wildman–Crippen LogP) is 3.23. The number of ether oxygens (including phenoxy) is 1. The summed E-state index contributed by atoms with van der Waals surface area (Å²) in [5.74, 6) is 0.799. The molecule has 0 spiro atoms. The summed E-state index contributed by atoms with van der Waals surface area (Å²) >= 11 is 0. The first-order valence-corrected chi connectivity index (χ1v) is 6.66. The van der Waals surface area contributed by atoms with Crippen molar-refractivity contribution < 1.29 is 14.6 Å². The maximum absolute atomic E-state index is 11.6. The van der Waals surface area contributed by atoms with Gasteiger partial charge in [-0.15, -0.1) is 0 Å². The van der Waals surface area contributed by atoms with E-state index in [9.17, 15) is 9.90 Å². The summed E-state index contributed by atoms with van der Waals surface area (Å²) in [6.07, 6.45) is 3.76. The molecule has 0 bridgehead atoms. The molecule has 0 amide bonds. The van der Waals surface area contributed by atoms with Gasteiger partial charge in [-0.2, -0.15) is 0 Å². The molecule has 1 aromatic carbocycles. The van der Waals surface area contributed by atoms with E-state index in [0.717, 1.165) is 25.7 Å². The van der Waals surface area contributed by atoms with Gasteiger partial charge in [0, 0.05) is 0 Å². The maximum Gasteiger partial charge on any atom is 0.308 e. The Bertz CT molecular complexity index is 406. The molecule has 1 aliphatic rings. The van der Waals surface area contributed by atoms with Crippen LogP contribution < -0.4 is 0 Å². The Hall–Kier alpha value is -1.51. The van der Waals surface area contributed by atoms with Crippen molar-refractivity contribution in [1.82, 2.24) is 0 Å². The van der Waals surface area contributed by atoms with E-state index in [1.807, 2.05) is 19.1 Å². The average Bonchev–Trinajstić information content (AvgIpc) is 2.39. The first-order valence-electron chi connectivity index (χ1n) is 6.66. The zero-order valence-electron chi connectivity index (χ0n) is 10.8. The van der Waals surface area contributed by atoms with E-state index in [-0.39, 0.29) is 11.9 Å². The van der Waals surface area contributed by atoms with Gasteiger partial charge in [0.05, 0.1) is 12.5 Å². The number of carbonyl (C=O) groups excluding carboxylic acids is 1. The van der Waals surface area contributed by atoms with Gasteiger partial charge in [-0.05, 0) is 56.2 Å². The molecule has 1 saturated carbocycles. The molecule has 1 fully saturated rings. The SMILES string of the molecule is CCOC(=O)C1CCC(c2cccc(O)c2)CC1. The van der Waals surface area contributed by atoms with Crippen LogP contribution in [0.5, 0.6) is 5.75 Å². The van der Waals surface area contributed by atoms with Crippen molar-refractivity contribution in [3.05, 3.63) is 29.8 Å². The topological polar surface area (TPSA) is 46.5 Å². The van der Waals surface area contributed by atoms with Gasteiger partial charge >= 0.3 is 5.97 Å². The lowest BCUT2D eigenvalue weighted by Gasteiger charge is -2.27. The van der Waals surface area contributed by atoms with Crippen LogP contribution in [0.3, 0.4) is 0 Å². The third kappa shape index (κ3) is 3.03. The summed E-state index contributed by atoms with van der Waals surface area (Å²) in [4.78, 5) is 11.6. The standard InChI is InChI=1S/C15H20O3/c1-2-18-15(17)12-8-6-11(7-9-12)13-4-3-5-14(16)10-13/h3-5,10-12,16H,2,6-9H2,1H3. The highest BCUT2D eigenvalue weighted by molar-refractivity contribution is 5.72. The Morgan fingerprint density at radius 2 is 2.06 bits per heavy atom. The van der Waals surface area contributed by atoms with Gasteiger partial charge in [0.1, 0.15) is 5.75 Å². The van der Waals surface area contributed by atoms with E-state index < -0.39 is 0 Å². The molecular formula is C15H20O3. The lowest BCUT2D eigenvalue weighted by atomic mass is 9.79. The minimum atomic E-state index is -0.0492. The summed E-state index contributed by atoms with van der Waals surface area (Å²) in [7, 11) is 0. The maximum atomic E-state index is 11.6. The summed E-state index contributed by atoms with van der Waals surface area (Å²) in [5, 5.41) is 9.48. The van der Waals surface area contributed by atoms with Crippen LogP contribution in [0.2, 0.25) is 0 Å². The largest absolute Gasteiger partial charge is 0.508 e. The third-order valence-corrected chi connectivity index (χ3v) is 3.69. The zero-order chi connectivity index (χ0) is 13.0. The van der Waals surface area contributed by atoms with Crippen LogP contribution >= 0.6 is 0 Å². The molecule has 3 nitrogen and oxygen atoms in total. The van der Waals surface area contributed by atoms with Gasteiger partial charge in [0.15, 0.2) is 0 Å². The van der Waals surface area contributed by atoms with E-state index in [1.54, 1.807) is 6.07 Å². The van der Waals surface area contributed by atoms with Crippen LogP contribution in [-0.4, -0.2) is 17.7 Å². The van der Waals surface area contributed by atoms with Gasteiger partial charge in [-0.25, -0.2) is 0 Å². The Morgan fingerprint density at radius 1 is 1.33 bits per heavy atom. The van der Waals surface area contributed by atoms with Crippen LogP contribution in [0.25, 0.3) is 0 Å². The van der Waals surface area contributed by atoms with Gasteiger partial charge in [0.25, 0.3) is 0 Å². The molecule has 0 unspecified atom stereocenters. The zero-order valence-corrected chi connectivity index (χ0v) is 10.8. The van der Waals surface area contributed by atoms with Gasteiger partial charge in [-0.1, -0.05) is 12.1 Å². The predicted molar refractivity (Wildman–Crippen MR) is 69.4 cm³/mol. The van der Waals surface area contributed by atoms with Gasteiger partial charge in [-0.3, -0.25) is 4.79 Å². The van der Waals surface area contributed by atoms with Crippen molar-refractivity contribution in [1.29, 1.82) is 0 Å². The van der Waals surface area contributed by atoms with Crippen molar-refractivity contribution in [2.24, 2.45) is 5.92 Å². The molecular weight excluding hydrogens is 228 g/mol. The first kappa shape index (κ1) is 12.9. The monoisotopic (exact) mass is 248 g/mol. The average molecular weight is 248 g/mol. The van der Waals surface area contributed by atoms with Crippen molar-refractivity contribution in [2.45, 2.75) is 38.5 Å². The molecule has 0 aliphatic heterocycles. The van der Waals surface area contributed by atoms with Crippen molar-refractivity contribution in [2.75, 3.05) is 6.61 Å². The van der Waals surface area contributed by atoms with Crippen LogP contribution in [0.15, 0.2) is 24.3 Å². The molecule has 98 valence electrons. The fourth-order valence-corrected chi connectivity index (χ4v) is 2.70. The highest BCUT2D eigenvalue weighted by Gasteiger charge is 2.27. The van der Waals surface area contributed by atoms with E-state index >= 15 is 0 Å². The van der Waals surface area contributed by atoms with Crippen LogP contribution in [-0.2, 0) is 9.53 Å². The summed E-state index contributed by atoms with van der Waals surface area (Å²) in [6, 6.07) is 7.44.